The van der Waals surface area contributed by atoms with E-state index in [-0.39, 0.29) is 242 Å². The van der Waals surface area contributed by atoms with Crippen LogP contribution in [0.25, 0.3) is 0 Å². The van der Waals surface area contributed by atoms with E-state index in [2.05, 4.69) is 52.1 Å². The fraction of sp³-hybridized carbons (Fsp3) is 0. The van der Waals surface area contributed by atoms with E-state index in [0.29, 0.717) is 11.1 Å². The summed E-state index contributed by atoms with van der Waals surface area (Å²) in [6.45, 7) is 0. The maximum atomic E-state index is 11.4. The van der Waals surface area contributed by atoms with Gasteiger partial charge in [-0.25, -0.2) is 41.3 Å². The molecular formula is C28H28Mo6N10O23-36. The Balaban J connectivity index is -0.0000000200. The van der Waals surface area contributed by atoms with Gasteiger partial charge in [0.2, 0.25) is 0 Å². The van der Waals surface area contributed by atoms with Gasteiger partial charge in [0.1, 0.15) is 11.5 Å². The minimum Gasteiger partial charge on any atom is -2.00 e. The fourth-order valence-electron chi connectivity index (χ4n) is 2.87. The van der Waals surface area contributed by atoms with Gasteiger partial charge < -0.3 is 114 Å². The molecule has 39 heteroatoms. The van der Waals surface area contributed by atoms with Gasteiger partial charge in [0.25, 0.3) is 0 Å². The third-order valence-corrected chi connectivity index (χ3v) is 4.86. The molecule has 2 aromatic heterocycles. The third kappa shape index (κ3) is 67.3. The number of benzene rings is 2. The van der Waals surface area contributed by atoms with E-state index < -0.39 is 12.1 Å². The maximum absolute atomic E-state index is 11.4. The normalized spacial score (nSPS) is 6.81. The van der Waals surface area contributed by atoms with Crippen LogP contribution in [-0.2, 0) is 230 Å². The molecule has 67 heavy (non-hydrogen) atoms. The number of rotatable bonds is 8. The molecule has 2 heterocycles. The summed E-state index contributed by atoms with van der Waals surface area (Å²) in [7, 11) is 0. The molecule has 33 nitrogen and oxygen atoms in total. The van der Waals surface area contributed by atoms with Crippen molar-refractivity contribution in [3.8, 4) is 11.5 Å². The Labute approximate surface area is 466 Å². The molecule has 0 aliphatic carbocycles. The molecule has 2 aromatic carbocycles. The van der Waals surface area contributed by atoms with Gasteiger partial charge in [0, 0.05) is 173 Å². The van der Waals surface area contributed by atoms with Crippen molar-refractivity contribution in [2.75, 3.05) is 0 Å². The Morgan fingerprint density at radius 2 is 0.567 bits per heavy atom. The molecule has 0 aliphatic heterocycles. The first-order chi connectivity index (χ1) is 20.5. The average Bonchev–Trinajstić information content (AvgIpc) is 3.01. The summed E-state index contributed by atoms with van der Waals surface area (Å²) in [5.74, 6) is 0.171. The van der Waals surface area contributed by atoms with Crippen LogP contribution in [0, 0.1) is 0 Å². The second-order valence-corrected chi connectivity index (χ2v) is 7.92. The maximum Gasteiger partial charge on any atom is 0.355 e. The minimum atomic E-state index is -0.583. The van der Waals surface area contributed by atoms with Crippen LogP contribution in [0.5, 0.6) is 11.5 Å². The van der Waals surface area contributed by atoms with Crippen LogP contribution >= 0.6 is 0 Å². The summed E-state index contributed by atoms with van der Waals surface area (Å²) in [5, 5.41) is 33.9. The number of phenolic OH excluding ortho intramolecular Hbond substituents is 2. The predicted octanol–water partition coefficient (Wildman–Crippen LogP) is -0.525. The second kappa shape index (κ2) is 93.0. The van der Waals surface area contributed by atoms with Gasteiger partial charge in [-0.3, -0.25) is 0 Å². The number of nitrogens with zero attached hydrogens (tertiary/aromatic N) is 4. The zero-order valence-corrected chi connectivity index (χ0v) is 44.3. The number of aromatic hydroxyl groups is 2. The number of aromatic amines is 2. The average molecular weight is 1450 g/mol. The van der Waals surface area contributed by atoms with Gasteiger partial charge in [-0.2, -0.15) is 20.4 Å². The third-order valence-electron chi connectivity index (χ3n) is 4.86. The largest absolute Gasteiger partial charge is 2.00 e. The molecule has 4 rings (SSSR count). The SMILES string of the molecule is O=C(N/N=C/c1cc[nH+]cc1)N/N=C/c1ccccc1O.O=C(N/N=C/c1cc[nH+]cc1)N/N=C/c1ccccc1O.[Mo].[Mo].[Mo].[Mo].[Mo].[Mo].[O-2].[O-2].[O-2].[O-2].[O-2].[O-2].[O-2].[O-2].[O-2].[O-2].[O-2].[O-2].[O-2].[O-2].[O-2].[O-2].[O-2].[O-2].[O-2]. The number of pyridine rings is 2. The van der Waals surface area contributed by atoms with E-state index in [0.717, 1.165) is 11.1 Å². The molecule has 4 amide bonds. The topological polar surface area (TPSA) is 742 Å². The van der Waals surface area contributed by atoms with Crippen LogP contribution in [0.2, 0.25) is 0 Å². The molecule has 8 N–H and O–H groups in total. The van der Waals surface area contributed by atoms with Gasteiger partial charge in [-0.1, -0.05) is 24.3 Å². The van der Waals surface area contributed by atoms with Crippen LogP contribution in [0.1, 0.15) is 22.3 Å². The van der Waals surface area contributed by atoms with Crippen LogP contribution in [0.4, 0.5) is 9.59 Å². The quantitative estimate of drug-likeness (QED) is 0.0770. The van der Waals surface area contributed by atoms with Gasteiger partial charge in [-0.15, -0.1) is 0 Å². The van der Waals surface area contributed by atoms with Crippen LogP contribution in [0.3, 0.4) is 0 Å². The van der Waals surface area contributed by atoms with E-state index in [1.807, 2.05) is 0 Å². The first kappa shape index (κ1) is 151. The first-order valence-electron chi connectivity index (χ1n) is 12.2. The number of hydrazone groups is 4. The predicted molar refractivity (Wildman–Crippen MR) is 169 cm³/mol. The Morgan fingerprint density at radius 1 is 0.358 bits per heavy atom. The fourth-order valence-corrected chi connectivity index (χ4v) is 2.87. The van der Waals surface area contributed by atoms with Crippen LogP contribution in [-0.4, -0.2) is 47.1 Å². The summed E-state index contributed by atoms with van der Waals surface area (Å²) in [6, 6.07) is 19.4. The number of urea groups is 2. The molecular weight excluding hydrogens is 1420 g/mol. The summed E-state index contributed by atoms with van der Waals surface area (Å²) < 4.78 is 0. The summed E-state index contributed by atoms with van der Waals surface area (Å²) in [4.78, 5) is 28.5. The summed E-state index contributed by atoms with van der Waals surface area (Å²) in [6.07, 6.45) is 12.7. The Hall–Kier alpha value is -3.07. The van der Waals surface area contributed by atoms with Crippen LogP contribution < -0.4 is 31.7 Å². The zero-order chi connectivity index (χ0) is 29.8. The van der Waals surface area contributed by atoms with Crippen molar-refractivity contribution in [1.82, 2.24) is 21.7 Å². The number of nitrogens with one attached hydrogen (secondary N) is 6. The van der Waals surface area contributed by atoms with Crippen molar-refractivity contribution in [1.29, 1.82) is 0 Å². The smallest absolute Gasteiger partial charge is 0.355 e. The number of hydrogen-bond donors (Lipinski definition) is 6. The number of para-hydroxylation sites is 2. The molecule has 0 aliphatic rings. The van der Waals surface area contributed by atoms with E-state index in [1.165, 1.54) is 37.0 Å². The Bertz CT molecular complexity index is 1500. The molecule has 0 spiro atoms. The van der Waals surface area contributed by atoms with E-state index in [9.17, 15) is 19.8 Å². The Kier molecular flexibility index (Phi) is 210. The van der Waals surface area contributed by atoms with Crippen molar-refractivity contribution in [3.63, 3.8) is 0 Å². The monoisotopic (exact) mass is 1460 g/mol. The molecule has 0 radical (unpaired) electrons. The summed E-state index contributed by atoms with van der Waals surface area (Å²) >= 11 is 0. The van der Waals surface area contributed by atoms with Gasteiger partial charge >= 0.3 is 12.1 Å². The molecule has 0 unspecified atom stereocenters. The van der Waals surface area contributed by atoms with Crippen molar-refractivity contribution in [3.05, 3.63) is 120 Å². The molecule has 0 saturated heterocycles. The number of phenols is 2. The van der Waals surface area contributed by atoms with Crippen molar-refractivity contribution in [2.45, 2.75) is 0 Å². The Morgan fingerprint density at radius 3 is 0.791 bits per heavy atom. The molecule has 0 fully saturated rings. The molecule has 400 valence electrons. The molecule has 0 saturated carbocycles. The van der Waals surface area contributed by atoms with Crippen LogP contribution in [0.15, 0.2) is 118 Å². The first-order valence-corrected chi connectivity index (χ1v) is 12.2. The number of aromatic nitrogens is 2. The van der Waals surface area contributed by atoms with E-state index >= 15 is 0 Å². The van der Waals surface area contributed by atoms with Crippen molar-refractivity contribution in [2.24, 2.45) is 20.4 Å². The number of hydrogen-bond acceptors (Lipinski definition) is 8. The standard InChI is InChI=1S/2C14H13N5O2.6Mo.19O/c2*20-13-4-2-1-3-12(13)10-17-19-14(21)18-16-9-11-5-7-15-8-6-11;;;;;;;;;;;;;;;;;;;;;;;;;/h2*1-10,20H,(H2,18,19,21);;;;;;;;;;;;;;;;;;;;;;;;;/q;;;;;;;;19*-2/p+2/b2*16-9+,17-10+;;;;;;;;;;;;;;;;;;;;;;;;;. The number of carbonyl (C=O) groups excluding carboxylic acids is 2. The minimum absolute atomic E-state index is 0. The van der Waals surface area contributed by atoms with Gasteiger partial charge in [0.05, 0.1) is 24.9 Å². The second-order valence-electron chi connectivity index (χ2n) is 7.92. The van der Waals surface area contributed by atoms with E-state index in [1.54, 1.807) is 85.5 Å². The molecule has 0 atom stereocenters. The molecule has 4 aromatic rings. The summed E-state index contributed by atoms with van der Waals surface area (Å²) in [5.41, 5.74) is 11.7. The molecule has 0 bridgehead atoms. The number of H-pyrrole nitrogens is 2. The zero-order valence-electron chi connectivity index (χ0n) is 32.3. The van der Waals surface area contributed by atoms with Gasteiger partial charge in [-0.05, 0) is 24.3 Å². The van der Waals surface area contributed by atoms with E-state index in [4.69, 9.17) is 0 Å². The van der Waals surface area contributed by atoms with Crippen molar-refractivity contribution >= 4 is 36.9 Å². The number of amides is 4. The van der Waals surface area contributed by atoms with Gasteiger partial charge in [0.15, 0.2) is 24.8 Å². The number of carbonyl (C=O) groups is 2. The van der Waals surface area contributed by atoms with Crippen molar-refractivity contribution < 1.29 is 260 Å².